The summed E-state index contributed by atoms with van der Waals surface area (Å²) in [5, 5.41) is 13.0. The third kappa shape index (κ3) is 5.60. The number of nitrogens with zero attached hydrogens (tertiary/aromatic N) is 1. The molecule has 0 aliphatic rings. The molecule has 0 heterocycles. The summed E-state index contributed by atoms with van der Waals surface area (Å²) in [7, 11) is 1.46. The van der Waals surface area contributed by atoms with E-state index in [1.54, 1.807) is 36.4 Å². The van der Waals surface area contributed by atoms with Crippen molar-refractivity contribution < 1.29 is 13.9 Å². The zero-order chi connectivity index (χ0) is 23.3. The Balaban J connectivity index is 1.89. The van der Waals surface area contributed by atoms with E-state index in [1.165, 1.54) is 31.4 Å². The molecule has 0 saturated carbocycles. The number of anilines is 1. The fraction of sp³-hybridized carbons (Fsp3) is 0.0833. The molecule has 0 unspecified atom stereocenters. The minimum absolute atomic E-state index is 0.156. The first-order valence-electron chi connectivity index (χ1n) is 9.30. The van der Waals surface area contributed by atoms with Crippen molar-refractivity contribution in [3.8, 4) is 11.8 Å². The van der Waals surface area contributed by atoms with Gasteiger partial charge in [-0.3, -0.25) is 4.79 Å². The van der Waals surface area contributed by atoms with E-state index in [0.717, 1.165) is 0 Å². The number of nitrogens with one attached hydrogen (secondary N) is 1. The normalized spacial score (nSPS) is 11.1. The molecule has 1 N–H and O–H groups in total. The second-order valence-corrected chi connectivity index (χ2v) is 7.93. The molecule has 0 aromatic heterocycles. The molecular formula is C24H16Cl3FN2O2. The molecule has 0 aliphatic carbocycles. The van der Waals surface area contributed by atoms with E-state index in [2.05, 4.69) is 5.32 Å². The van der Waals surface area contributed by atoms with Gasteiger partial charge in [-0.05, 0) is 53.6 Å². The average Bonchev–Trinajstić information content (AvgIpc) is 2.77. The van der Waals surface area contributed by atoms with Crippen molar-refractivity contribution in [3.63, 3.8) is 0 Å². The Morgan fingerprint density at radius 3 is 2.50 bits per heavy atom. The monoisotopic (exact) mass is 488 g/mol. The second kappa shape index (κ2) is 10.5. The highest BCUT2D eigenvalue weighted by Gasteiger charge is 2.15. The van der Waals surface area contributed by atoms with Crippen LogP contribution < -0.4 is 10.1 Å². The smallest absolute Gasteiger partial charge is 0.266 e. The number of ether oxygens (including phenoxy) is 1. The van der Waals surface area contributed by atoms with E-state index in [1.807, 2.05) is 6.07 Å². The number of rotatable bonds is 6. The van der Waals surface area contributed by atoms with Gasteiger partial charge in [0, 0.05) is 22.7 Å². The fourth-order valence-electron chi connectivity index (χ4n) is 2.99. The van der Waals surface area contributed by atoms with Gasteiger partial charge >= 0.3 is 0 Å². The van der Waals surface area contributed by atoms with Crippen LogP contribution in [-0.4, -0.2) is 13.0 Å². The highest BCUT2D eigenvalue weighted by molar-refractivity contribution is 6.42. The highest BCUT2D eigenvalue weighted by Crippen LogP contribution is 2.32. The van der Waals surface area contributed by atoms with E-state index in [-0.39, 0.29) is 22.8 Å². The first-order chi connectivity index (χ1) is 15.3. The second-order valence-electron chi connectivity index (χ2n) is 6.70. The largest absolute Gasteiger partial charge is 0.496 e. The molecule has 32 heavy (non-hydrogen) atoms. The molecule has 3 aromatic rings. The van der Waals surface area contributed by atoms with Gasteiger partial charge in [-0.2, -0.15) is 5.26 Å². The van der Waals surface area contributed by atoms with Gasteiger partial charge in [0.25, 0.3) is 5.91 Å². The maximum absolute atomic E-state index is 14.1. The molecule has 0 fully saturated rings. The third-order valence-corrected chi connectivity index (χ3v) is 5.65. The molecule has 0 atom stereocenters. The Bertz CT molecular complexity index is 1250. The minimum atomic E-state index is -0.628. The van der Waals surface area contributed by atoms with Crippen LogP contribution >= 0.6 is 34.8 Å². The number of carbonyl (C=O) groups is 1. The lowest BCUT2D eigenvalue weighted by molar-refractivity contribution is -0.112. The van der Waals surface area contributed by atoms with Crippen LogP contribution in [0.4, 0.5) is 10.1 Å². The van der Waals surface area contributed by atoms with Crippen molar-refractivity contribution in [2.45, 2.75) is 6.42 Å². The molecule has 0 spiro atoms. The topological polar surface area (TPSA) is 62.1 Å². The van der Waals surface area contributed by atoms with Gasteiger partial charge < -0.3 is 10.1 Å². The number of hydrogen-bond donors (Lipinski definition) is 1. The van der Waals surface area contributed by atoms with E-state index >= 15 is 0 Å². The van der Waals surface area contributed by atoms with Crippen molar-refractivity contribution in [2.24, 2.45) is 0 Å². The van der Waals surface area contributed by atoms with E-state index in [4.69, 9.17) is 39.5 Å². The Kier molecular flexibility index (Phi) is 7.76. The molecular weight excluding hydrogens is 474 g/mol. The summed E-state index contributed by atoms with van der Waals surface area (Å²) < 4.78 is 19.5. The summed E-state index contributed by atoms with van der Waals surface area (Å²) >= 11 is 18.3. The Labute approximate surface area is 199 Å². The predicted molar refractivity (Wildman–Crippen MR) is 126 cm³/mol. The first-order valence-corrected chi connectivity index (χ1v) is 10.4. The van der Waals surface area contributed by atoms with E-state index in [0.29, 0.717) is 38.2 Å². The van der Waals surface area contributed by atoms with Crippen LogP contribution in [0.25, 0.3) is 6.08 Å². The summed E-state index contributed by atoms with van der Waals surface area (Å²) in [6.07, 6.45) is 1.61. The van der Waals surface area contributed by atoms with Gasteiger partial charge in [0.1, 0.15) is 23.2 Å². The minimum Gasteiger partial charge on any atom is -0.496 e. The third-order valence-electron chi connectivity index (χ3n) is 4.58. The molecule has 4 nitrogen and oxygen atoms in total. The van der Waals surface area contributed by atoms with Crippen molar-refractivity contribution in [1.82, 2.24) is 0 Å². The van der Waals surface area contributed by atoms with Crippen LogP contribution in [0.5, 0.6) is 5.75 Å². The highest BCUT2D eigenvalue weighted by atomic mass is 35.5. The van der Waals surface area contributed by atoms with Gasteiger partial charge in [-0.1, -0.05) is 53.0 Å². The Morgan fingerprint density at radius 1 is 1.09 bits per heavy atom. The molecule has 0 bridgehead atoms. The van der Waals surface area contributed by atoms with Crippen molar-refractivity contribution in [1.29, 1.82) is 5.26 Å². The standard InChI is InChI=1S/C24H16Cl3FN2O2/c1-32-23-10-14(9-20(26)18(23)11-15-4-2-3-5-22(15)28)8-16(13-29)24(31)30-17-6-7-19(25)21(27)12-17/h2-10,12H,11H2,1H3,(H,30,31)/b16-8+. The predicted octanol–water partition coefficient (Wildman–Crippen LogP) is 6.93. The summed E-state index contributed by atoms with van der Waals surface area (Å²) in [6, 6.07) is 16.1. The van der Waals surface area contributed by atoms with Gasteiger partial charge in [0.05, 0.1) is 17.2 Å². The number of nitriles is 1. The lowest BCUT2D eigenvalue weighted by Crippen LogP contribution is -2.13. The molecule has 1 amide bonds. The first kappa shape index (κ1) is 23.6. The maximum atomic E-state index is 14.1. The number of halogens is 4. The number of carbonyl (C=O) groups excluding carboxylic acids is 1. The lowest BCUT2D eigenvalue weighted by atomic mass is 10.0. The summed E-state index contributed by atoms with van der Waals surface area (Å²) in [4.78, 5) is 12.5. The van der Waals surface area contributed by atoms with Crippen molar-refractivity contribution >= 4 is 52.5 Å². The van der Waals surface area contributed by atoms with Crippen LogP contribution in [0.2, 0.25) is 15.1 Å². The molecule has 8 heteroatoms. The molecule has 0 saturated heterocycles. The van der Waals surface area contributed by atoms with Gasteiger partial charge in [-0.25, -0.2) is 4.39 Å². The van der Waals surface area contributed by atoms with Crippen molar-refractivity contribution in [3.05, 3.63) is 97.7 Å². The number of amides is 1. The number of hydrogen-bond acceptors (Lipinski definition) is 3. The number of methoxy groups -OCH3 is 1. The zero-order valence-electron chi connectivity index (χ0n) is 16.8. The molecule has 3 rings (SSSR count). The quantitative estimate of drug-likeness (QED) is 0.302. The Hall–Kier alpha value is -3.04. The molecule has 162 valence electrons. The fourth-order valence-corrected chi connectivity index (χ4v) is 3.57. The summed E-state index contributed by atoms with van der Waals surface area (Å²) in [5.74, 6) is -0.564. The van der Waals surface area contributed by atoms with E-state index in [9.17, 15) is 14.4 Å². The van der Waals surface area contributed by atoms with Crippen LogP contribution in [0.3, 0.4) is 0 Å². The zero-order valence-corrected chi connectivity index (χ0v) is 19.0. The van der Waals surface area contributed by atoms with Gasteiger partial charge in [0.2, 0.25) is 0 Å². The SMILES string of the molecule is COc1cc(/C=C(\C#N)C(=O)Nc2ccc(Cl)c(Cl)c2)cc(Cl)c1Cc1ccccc1F. The van der Waals surface area contributed by atoms with Crippen LogP contribution in [0.15, 0.2) is 60.2 Å². The van der Waals surface area contributed by atoms with Gasteiger partial charge in [-0.15, -0.1) is 0 Å². The lowest BCUT2D eigenvalue weighted by Gasteiger charge is -2.13. The maximum Gasteiger partial charge on any atom is 0.266 e. The van der Waals surface area contributed by atoms with Crippen LogP contribution in [-0.2, 0) is 11.2 Å². The molecule has 0 aliphatic heterocycles. The Morgan fingerprint density at radius 2 is 1.84 bits per heavy atom. The average molecular weight is 490 g/mol. The molecule has 0 radical (unpaired) electrons. The summed E-state index contributed by atoms with van der Waals surface area (Å²) in [5.41, 5.74) is 1.77. The van der Waals surface area contributed by atoms with Crippen LogP contribution in [0.1, 0.15) is 16.7 Å². The molecule has 3 aromatic carbocycles. The summed E-state index contributed by atoms with van der Waals surface area (Å²) in [6.45, 7) is 0. The van der Waals surface area contributed by atoms with Crippen molar-refractivity contribution in [2.75, 3.05) is 12.4 Å². The van der Waals surface area contributed by atoms with E-state index < -0.39 is 5.91 Å². The number of benzene rings is 3. The van der Waals surface area contributed by atoms with Crippen LogP contribution in [0, 0.1) is 17.1 Å². The van der Waals surface area contributed by atoms with Gasteiger partial charge in [0.15, 0.2) is 0 Å².